The van der Waals surface area contributed by atoms with Crippen LogP contribution in [0.25, 0.3) is 32.3 Å². The molecule has 0 unspecified atom stereocenters. The molecule has 4 heteroatoms. The minimum Gasteiger partial charge on any atom is -0.498 e. The molecular formula is C26H24O4. The molecule has 0 saturated heterocycles. The second-order valence-electron chi connectivity index (χ2n) is 6.71. The van der Waals surface area contributed by atoms with E-state index >= 15 is 0 Å². The Morgan fingerprint density at radius 1 is 0.533 bits per heavy atom. The molecule has 0 fully saturated rings. The smallest absolute Gasteiger partial charge is 0.162 e. The summed E-state index contributed by atoms with van der Waals surface area (Å²) in [5.41, 5.74) is 0. The molecule has 30 heavy (non-hydrogen) atoms. The van der Waals surface area contributed by atoms with Crippen molar-refractivity contribution in [1.82, 2.24) is 0 Å². The number of hydrogen-bond acceptors (Lipinski definition) is 4. The zero-order chi connectivity index (χ0) is 20.8. The van der Waals surface area contributed by atoms with Gasteiger partial charge in [-0.3, -0.25) is 0 Å². The molecule has 0 N–H and O–H groups in total. The lowest BCUT2D eigenvalue weighted by Crippen LogP contribution is -2.08. The van der Waals surface area contributed by atoms with Gasteiger partial charge in [0.1, 0.15) is 26.4 Å². The molecule has 4 aromatic rings. The fourth-order valence-corrected chi connectivity index (χ4v) is 3.70. The molecule has 0 saturated carbocycles. The zero-order valence-electron chi connectivity index (χ0n) is 16.8. The molecule has 4 rings (SSSR count). The Bertz CT molecular complexity index is 1100. The topological polar surface area (TPSA) is 36.9 Å². The van der Waals surface area contributed by atoms with E-state index in [0.717, 1.165) is 10.8 Å². The van der Waals surface area contributed by atoms with Crippen molar-refractivity contribution in [2.24, 2.45) is 0 Å². The van der Waals surface area contributed by atoms with E-state index in [2.05, 4.69) is 73.8 Å². The van der Waals surface area contributed by atoms with Crippen LogP contribution in [0.4, 0.5) is 0 Å². The molecular weight excluding hydrogens is 376 g/mol. The Hall–Kier alpha value is -3.66. The van der Waals surface area contributed by atoms with Crippen LogP contribution in [-0.4, -0.2) is 26.4 Å². The van der Waals surface area contributed by atoms with Crippen molar-refractivity contribution in [2.45, 2.75) is 0 Å². The quantitative estimate of drug-likeness (QED) is 0.180. The van der Waals surface area contributed by atoms with Gasteiger partial charge in [-0.15, -0.1) is 0 Å². The van der Waals surface area contributed by atoms with Gasteiger partial charge in [0.2, 0.25) is 0 Å². The van der Waals surface area contributed by atoms with Crippen molar-refractivity contribution in [1.29, 1.82) is 0 Å². The molecule has 4 aromatic carbocycles. The van der Waals surface area contributed by atoms with Gasteiger partial charge in [0.15, 0.2) is 11.5 Å². The van der Waals surface area contributed by atoms with Crippen LogP contribution >= 0.6 is 0 Å². The van der Waals surface area contributed by atoms with Crippen molar-refractivity contribution >= 4 is 32.3 Å². The van der Waals surface area contributed by atoms with Crippen molar-refractivity contribution < 1.29 is 18.9 Å². The fourth-order valence-electron chi connectivity index (χ4n) is 3.70. The van der Waals surface area contributed by atoms with E-state index in [0.29, 0.717) is 37.9 Å². The first-order chi connectivity index (χ1) is 14.8. The lowest BCUT2D eigenvalue weighted by molar-refractivity contribution is 0.161. The van der Waals surface area contributed by atoms with E-state index < -0.39 is 0 Å². The zero-order valence-corrected chi connectivity index (χ0v) is 16.8. The van der Waals surface area contributed by atoms with E-state index in [9.17, 15) is 0 Å². The minimum atomic E-state index is 0.391. The summed E-state index contributed by atoms with van der Waals surface area (Å²) in [5.74, 6) is 1.35. The van der Waals surface area contributed by atoms with Gasteiger partial charge in [0, 0.05) is 0 Å². The Morgan fingerprint density at radius 2 is 0.900 bits per heavy atom. The average Bonchev–Trinajstić information content (AvgIpc) is 2.80. The van der Waals surface area contributed by atoms with Crippen LogP contribution in [0.1, 0.15) is 0 Å². The van der Waals surface area contributed by atoms with E-state index in [1.807, 2.05) is 0 Å². The predicted molar refractivity (Wildman–Crippen MR) is 122 cm³/mol. The first-order valence-electron chi connectivity index (χ1n) is 9.91. The summed E-state index contributed by atoms with van der Waals surface area (Å²) >= 11 is 0. The lowest BCUT2D eigenvalue weighted by Gasteiger charge is -2.16. The van der Waals surface area contributed by atoms with Crippen molar-refractivity contribution in [3.8, 4) is 11.5 Å². The highest BCUT2D eigenvalue weighted by Gasteiger charge is 2.14. The summed E-state index contributed by atoms with van der Waals surface area (Å²) in [4.78, 5) is 0. The Balaban J connectivity index is 1.86. The molecule has 0 aliphatic carbocycles. The molecule has 0 aliphatic heterocycles. The molecule has 152 valence electrons. The van der Waals surface area contributed by atoms with Gasteiger partial charge in [-0.2, -0.15) is 0 Å². The Labute approximate surface area is 175 Å². The summed E-state index contributed by atoms with van der Waals surface area (Å²) in [7, 11) is 0. The summed E-state index contributed by atoms with van der Waals surface area (Å²) < 4.78 is 22.4. The van der Waals surface area contributed by atoms with Crippen LogP contribution in [0.5, 0.6) is 11.5 Å². The van der Waals surface area contributed by atoms with E-state index in [1.165, 1.54) is 34.1 Å². The highest BCUT2D eigenvalue weighted by atomic mass is 16.5. The van der Waals surface area contributed by atoms with Crippen molar-refractivity contribution in [3.63, 3.8) is 0 Å². The van der Waals surface area contributed by atoms with Crippen LogP contribution in [0.2, 0.25) is 0 Å². The highest BCUT2D eigenvalue weighted by Crippen LogP contribution is 2.40. The standard InChI is InChI=1S/C26H24O4/c1-3-27-13-15-29-25-17-23-21-11-7-5-9-19(21)20-10-6-8-12-22(20)24(23)18-26(25)30-16-14-28-4-2/h3-12,17-18H,1-2,13-16H2. The van der Waals surface area contributed by atoms with Crippen LogP contribution in [0.3, 0.4) is 0 Å². The monoisotopic (exact) mass is 400 g/mol. The van der Waals surface area contributed by atoms with Gasteiger partial charge in [0.25, 0.3) is 0 Å². The van der Waals surface area contributed by atoms with Gasteiger partial charge in [-0.25, -0.2) is 0 Å². The maximum Gasteiger partial charge on any atom is 0.162 e. The van der Waals surface area contributed by atoms with Crippen LogP contribution in [0, 0.1) is 0 Å². The van der Waals surface area contributed by atoms with Gasteiger partial charge < -0.3 is 18.9 Å². The third kappa shape index (κ3) is 3.90. The molecule has 0 aromatic heterocycles. The number of hydrogen-bond donors (Lipinski definition) is 0. The highest BCUT2D eigenvalue weighted by molar-refractivity contribution is 6.25. The number of fused-ring (bicyclic) bond motifs is 6. The molecule has 4 nitrogen and oxygen atoms in total. The van der Waals surface area contributed by atoms with Gasteiger partial charge in [-0.05, 0) is 44.5 Å². The Kier molecular flexibility index (Phi) is 6.04. The molecule has 0 spiro atoms. The predicted octanol–water partition coefficient (Wildman–Crippen LogP) is 6.22. The summed E-state index contributed by atoms with van der Waals surface area (Å²) in [5, 5.41) is 7.04. The lowest BCUT2D eigenvalue weighted by atomic mass is 9.94. The average molecular weight is 400 g/mol. The molecule has 0 heterocycles. The van der Waals surface area contributed by atoms with E-state index in [4.69, 9.17) is 18.9 Å². The van der Waals surface area contributed by atoms with Crippen molar-refractivity contribution in [2.75, 3.05) is 26.4 Å². The Morgan fingerprint density at radius 3 is 1.27 bits per heavy atom. The van der Waals surface area contributed by atoms with Gasteiger partial charge in [0.05, 0.1) is 12.5 Å². The SMILES string of the molecule is C=COCCOc1cc2c3ccccc3c3ccccc3c2cc1OCCOC=C. The first-order valence-corrected chi connectivity index (χ1v) is 9.91. The molecule has 0 radical (unpaired) electrons. The number of rotatable bonds is 10. The number of ether oxygens (including phenoxy) is 4. The fraction of sp³-hybridized carbons (Fsp3) is 0.154. The summed E-state index contributed by atoms with van der Waals surface area (Å²) in [6, 6.07) is 21.0. The third-order valence-electron chi connectivity index (χ3n) is 4.96. The first kappa shape index (κ1) is 19.6. The number of benzene rings is 4. The van der Waals surface area contributed by atoms with Crippen LogP contribution < -0.4 is 9.47 Å². The third-order valence-corrected chi connectivity index (χ3v) is 4.96. The van der Waals surface area contributed by atoms with Crippen molar-refractivity contribution in [3.05, 3.63) is 86.3 Å². The molecule has 0 amide bonds. The second kappa shape index (κ2) is 9.23. The largest absolute Gasteiger partial charge is 0.498 e. The maximum absolute atomic E-state index is 6.01. The maximum atomic E-state index is 6.01. The van der Waals surface area contributed by atoms with E-state index in [1.54, 1.807) is 0 Å². The molecule has 0 atom stereocenters. The second-order valence-corrected chi connectivity index (χ2v) is 6.71. The molecule has 0 aliphatic rings. The minimum absolute atomic E-state index is 0.391. The van der Waals surface area contributed by atoms with Gasteiger partial charge >= 0.3 is 0 Å². The van der Waals surface area contributed by atoms with Crippen LogP contribution in [-0.2, 0) is 9.47 Å². The molecule has 0 bridgehead atoms. The van der Waals surface area contributed by atoms with E-state index in [-0.39, 0.29) is 0 Å². The normalized spacial score (nSPS) is 10.8. The van der Waals surface area contributed by atoms with Crippen LogP contribution in [0.15, 0.2) is 86.3 Å². The summed E-state index contributed by atoms with van der Waals surface area (Å²) in [6.45, 7) is 8.73. The summed E-state index contributed by atoms with van der Waals surface area (Å²) in [6.07, 6.45) is 2.82. The van der Waals surface area contributed by atoms with Gasteiger partial charge in [-0.1, -0.05) is 61.7 Å².